The minimum absolute atomic E-state index is 0.145. The molecule has 168 valence electrons. The van der Waals surface area contributed by atoms with Gasteiger partial charge in [0.05, 0.1) is 31.9 Å². The van der Waals surface area contributed by atoms with Gasteiger partial charge >= 0.3 is 11.9 Å². The van der Waals surface area contributed by atoms with E-state index in [1.807, 2.05) is 31.2 Å². The molecule has 8 heteroatoms. The molecule has 0 unspecified atom stereocenters. The van der Waals surface area contributed by atoms with Gasteiger partial charge in [0.2, 0.25) is 0 Å². The molecule has 1 fully saturated rings. The molecule has 1 N–H and O–H groups in total. The molecule has 3 rings (SSSR count). The SMILES string of the molecule is CCOC(=O)c1[nH]ncc1CN1CCC(Cc2cccc(OC)c2)(C(=O)OCC)CC1. The van der Waals surface area contributed by atoms with E-state index >= 15 is 0 Å². The number of likely N-dealkylation sites (tertiary alicyclic amines) is 1. The van der Waals surface area contributed by atoms with Crippen LogP contribution in [-0.4, -0.2) is 60.4 Å². The third-order valence-electron chi connectivity index (χ3n) is 5.79. The highest BCUT2D eigenvalue weighted by atomic mass is 16.5. The molecule has 2 aromatic rings. The van der Waals surface area contributed by atoms with Crippen molar-refractivity contribution < 1.29 is 23.8 Å². The Morgan fingerprint density at radius 1 is 1.16 bits per heavy atom. The molecule has 1 aliphatic heterocycles. The number of carbonyl (C=O) groups excluding carboxylic acids is 2. The van der Waals surface area contributed by atoms with Gasteiger partial charge in [-0.25, -0.2) is 4.79 Å². The molecule has 0 amide bonds. The monoisotopic (exact) mass is 429 g/mol. The molecular formula is C23H31N3O5. The number of hydrogen-bond donors (Lipinski definition) is 1. The predicted molar refractivity (Wildman–Crippen MR) is 115 cm³/mol. The van der Waals surface area contributed by atoms with Crippen LogP contribution in [0.2, 0.25) is 0 Å². The minimum Gasteiger partial charge on any atom is -0.497 e. The lowest BCUT2D eigenvalue weighted by atomic mass is 9.73. The van der Waals surface area contributed by atoms with Crippen molar-refractivity contribution in [2.24, 2.45) is 5.41 Å². The molecule has 2 heterocycles. The van der Waals surface area contributed by atoms with Crippen LogP contribution in [0.3, 0.4) is 0 Å². The zero-order chi connectivity index (χ0) is 22.3. The number of hydrogen-bond acceptors (Lipinski definition) is 7. The lowest BCUT2D eigenvalue weighted by Gasteiger charge is -2.40. The first-order chi connectivity index (χ1) is 15.0. The van der Waals surface area contributed by atoms with Crippen LogP contribution < -0.4 is 4.74 Å². The van der Waals surface area contributed by atoms with Crippen LogP contribution in [0.15, 0.2) is 30.5 Å². The van der Waals surface area contributed by atoms with Gasteiger partial charge in [0, 0.05) is 12.1 Å². The van der Waals surface area contributed by atoms with E-state index in [4.69, 9.17) is 14.2 Å². The molecule has 0 aliphatic carbocycles. The van der Waals surface area contributed by atoms with Crippen LogP contribution in [0.5, 0.6) is 5.75 Å². The van der Waals surface area contributed by atoms with Crippen molar-refractivity contribution in [3.63, 3.8) is 0 Å². The summed E-state index contributed by atoms with van der Waals surface area (Å²) in [5.74, 6) is 0.235. The molecule has 1 aromatic carbocycles. The topological polar surface area (TPSA) is 93.8 Å². The molecule has 0 radical (unpaired) electrons. The van der Waals surface area contributed by atoms with Gasteiger partial charge in [-0.05, 0) is 63.9 Å². The number of nitrogens with zero attached hydrogens (tertiary/aromatic N) is 2. The Bertz CT molecular complexity index is 887. The average Bonchev–Trinajstić information content (AvgIpc) is 3.24. The zero-order valence-corrected chi connectivity index (χ0v) is 18.5. The Labute approximate surface area is 182 Å². The average molecular weight is 430 g/mol. The zero-order valence-electron chi connectivity index (χ0n) is 18.5. The Hall–Kier alpha value is -2.87. The van der Waals surface area contributed by atoms with Crippen LogP contribution in [0, 0.1) is 5.41 Å². The van der Waals surface area contributed by atoms with Gasteiger partial charge in [-0.1, -0.05) is 12.1 Å². The van der Waals surface area contributed by atoms with E-state index in [0.717, 1.165) is 30.0 Å². The highest BCUT2D eigenvalue weighted by Gasteiger charge is 2.43. The van der Waals surface area contributed by atoms with E-state index in [9.17, 15) is 9.59 Å². The summed E-state index contributed by atoms with van der Waals surface area (Å²) in [7, 11) is 1.64. The van der Waals surface area contributed by atoms with Crippen LogP contribution in [0.1, 0.15) is 48.3 Å². The number of benzene rings is 1. The van der Waals surface area contributed by atoms with Gasteiger partial charge in [-0.2, -0.15) is 5.10 Å². The van der Waals surface area contributed by atoms with Crippen molar-refractivity contribution >= 4 is 11.9 Å². The van der Waals surface area contributed by atoms with Crippen molar-refractivity contribution in [3.8, 4) is 5.75 Å². The van der Waals surface area contributed by atoms with E-state index in [2.05, 4.69) is 15.1 Å². The Kier molecular flexibility index (Phi) is 7.68. The van der Waals surface area contributed by atoms with Crippen molar-refractivity contribution in [2.45, 2.75) is 39.7 Å². The number of methoxy groups -OCH3 is 1. The highest BCUT2D eigenvalue weighted by molar-refractivity contribution is 5.88. The molecule has 1 aromatic heterocycles. The fraction of sp³-hybridized carbons (Fsp3) is 0.522. The normalized spacial score (nSPS) is 16.0. The molecule has 0 atom stereocenters. The van der Waals surface area contributed by atoms with Crippen LogP contribution in [0.4, 0.5) is 0 Å². The largest absolute Gasteiger partial charge is 0.497 e. The maximum absolute atomic E-state index is 13.0. The fourth-order valence-electron chi connectivity index (χ4n) is 4.10. The van der Waals surface area contributed by atoms with Gasteiger partial charge < -0.3 is 14.2 Å². The smallest absolute Gasteiger partial charge is 0.356 e. The first-order valence-electron chi connectivity index (χ1n) is 10.7. The number of H-pyrrole nitrogens is 1. The fourth-order valence-corrected chi connectivity index (χ4v) is 4.10. The molecule has 0 spiro atoms. The van der Waals surface area contributed by atoms with Crippen molar-refractivity contribution in [2.75, 3.05) is 33.4 Å². The maximum Gasteiger partial charge on any atom is 0.356 e. The summed E-state index contributed by atoms with van der Waals surface area (Å²) in [4.78, 5) is 27.3. The lowest BCUT2D eigenvalue weighted by molar-refractivity contribution is -0.158. The second kappa shape index (κ2) is 10.4. The maximum atomic E-state index is 13.0. The van der Waals surface area contributed by atoms with E-state index in [-0.39, 0.29) is 5.97 Å². The van der Waals surface area contributed by atoms with Crippen molar-refractivity contribution in [1.82, 2.24) is 15.1 Å². The number of ether oxygens (including phenoxy) is 3. The van der Waals surface area contributed by atoms with Crippen LogP contribution >= 0.6 is 0 Å². The molecule has 8 nitrogen and oxygen atoms in total. The van der Waals surface area contributed by atoms with Gasteiger partial charge in [0.15, 0.2) is 0 Å². The molecule has 1 aliphatic rings. The quantitative estimate of drug-likeness (QED) is 0.613. The van der Waals surface area contributed by atoms with Crippen molar-refractivity contribution in [3.05, 3.63) is 47.3 Å². The minimum atomic E-state index is -0.570. The lowest BCUT2D eigenvalue weighted by Crippen LogP contribution is -2.46. The summed E-state index contributed by atoms with van der Waals surface area (Å²) in [6, 6.07) is 7.84. The number of nitrogens with one attached hydrogen (secondary N) is 1. The number of esters is 2. The van der Waals surface area contributed by atoms with E-state index < -0.39 is 11.4 Å². The number of carbonyl (C=O) groups is 2. The number of aromatic nitrogens is 2. The third-order valence-corrected chi connectivity index (χ3v) is 5.79. The predicted octanol–water partition coefficient (Wildman–Crippen LogP) is 2.98. The molecule has 0 bridgehead atoms. The second-order valence-electron chi connectivity index (χ2n) is 7.80. The summed E-state index contributed by atoms with van der Waals surface area (Å²) < 4.78 is 15.9. The van der Waals surface area contributed by atoms with Crippen LogP contribution in [0.25, 0.3) is 0 Å². The third kappa shape index (κ3) is 5.44. The van der Waals surface area contributed by atoms with E-state index in [0.29, 0.717) is 44.7 Å². The summed E-state index contributed by atoms with van der Waals surface area (Å²) in [6.07, 6.45) is 3.62. The Morgan fingerprint density at radius 3 is 2.58 bits per heavy atom. The first-order valence-corrected chi connectivity index (χ1v) is 10.7. The van der Waals surface area contributed by atoms with Gasteiger partial charge in [-0.15, -0.1) is 0 Å². The molecular weight excluding hydrogens is 398 g/mol. The number of piperidine rings is 1. The Balaban J connectivity index is 1.71. The molecule has 0 saturated carbocycles. The first kappa shape index (κ1) is 22.8. The molecule has 31 heavy (non-hydrogen) atoms. The summed E-state index contributed by atoms with van der Waals surface area (Å²) in [5, 5.41) is 6.74. The van der Waals surface area contributed by atoms with Crippen LogP contribution in [-0.2, 0) is 27.2 Å². The van der Waals surface area contributed by atoms with E-state index in [1.165, 1.54) is 0 Å². The second-order valence-corrected chi connectivity index (χ2v) is 7.80. The molecule has 1 saturated heterocycles. The number of aromatic amines is 1. The standard InChI is InChI=1S/C23H31N3O5/c1-4-30-21(27)20-18(15-24-25-20)16-26-11-9-23(10-12-26,22(28)31-5-2)14-17-7-6-8-19(13-17)29-3/h6-8,13,15H,4-5,9-12,14,16H2,1-3H3,(H,24,25). The summed E-state index contributed by atoms with van der Waals surface area (Å²) >= 11 is 0. The summed E-state index contributed by atoms with van der Waals surface area (Å²) in [5.41, 5.74) is 1.68. The number of rotatable bonds is 9. The van der Waals surface area contributed by atoms with E-state index in [1.54, 1.807) is 20.2 Å². The highest BCUT2D eigenvalue weighted by Crippen LogP contribution is 2.37. The van der Waals surface area contributed by atoms with Gasteiger partial charge in [-0.3, -0.25) is 14.8 Å². The Morgan fingerprint density at radius 2 is 1.90 bits per heavy atom. The van der Waals surface area contributed by atoms with Crippen molar-refractivity contribution in [1.29, 1.82) is 0 Å². The summed E-state index contributed by atoms with van der Waals surface area (Å²) in [6.45, 7) is 6.29. The van der Waals surface area contributed by atoms with Gasteiger partial charge in [0.25, 0.3) is 0 Å². The van der Waals surface area contributed by atoms with Gasteiger partial charge in [0.1, 0.15) is 11.4 Å².